The van der Waals surface area contributed by atoms with Crippen molar-refractivity contribution in [1.82, 2.24) is 0 Å². The van der Waals surface area contributed by atoms with E-state index in [4.69, 9.17) is 23.7 Å². The number of allylic oxidation sites excluding steroid dienone is 1. The molecule has 0 N–H and O–H groups in total. The molecule has 0 radical (unpaired) electrons. The summed E-state index contributed by atoms with van der Waals surface area (Å²) >= 11 is 0. The summed E-state index contributed by atoms with van der Waals surface area (Å²) in [4.78, 5) is 25.4. The summed E-state index contributed by atoms with van der Waals surface area (Å²) in [6.45, 7) is 1.67. The highest BCUT2D eigenvalue weighted by atomic mass is 19.1. The Morgan fingerprint density at radius 2 is 1.65 bits per heavy atom. The van der Waals surface area contributed by atoms with Crippen LogP contribution in [0.15, 0.2) is 54.3 Å². The second kappa shape index (κ2) is 9.27. The Kier molecular flexibility index (Phi) is 6.23. The quantitative estimate of drug-likeness (QED) is 0.289. The van der Waals surface area contributed by atoms with Gasteiger partial charge in [-0.15, -0.1) is 0 Å². The molecule has 8 heteroatoms. The van der Waals surface area contributed by atoms with Crippen molar-refractivity contribution < 1.29 is 37.7 Å². The smallest absolute Gasteiger partial charge is 0.343 e. The van der Waals surface area contributed by atoms with E-state index in [1.54, 1.807) is 25.1 Å². The summed E-state index contributed by atoms with van der Waals surface area (Å²) in [5, 5.41) is 0. The third-order valence-electron chi connectivity index (χ3n) is 5.28. The predicted octanol–water partition coefficient (Wildman–Crippen LogP) is 5.00. The lowest BCUT2D eigenvalue weighted by Gasteiger charge is -2.13. The van der Waals surface area contributed by atoms with Gasteiger partial charge in [-0.25, -0.2) is 9.18 Å². The van der Waals surface area contributed by atoms with Gasteiger partial charge in [-0.1, -0.05) is 6.07 Å². The number of hydrogen-bond donors (Lipinski definition) is 0. The largest absolute Gasteiger partial charge is 0.493 e. The average Bonchev–Trinajstić information content (AvgIpc) is 3.15. The highest BCUT2D eigenvalue weighted by Crippen LogP contribution is 2.42. The summed E-state index contributed by atoms with van der Waals surface area (Å²) in [6.07, 6.45) is 1.56. The summed E-state index contributed by atoms with van der Waals surface area (Å²) in [5.74, 6) is 0.267. The van der Waals surface area contributed by atoms with E-state index in [1.807, 2.05) is 0 Å². The standard InChI is InChI=1S/C26H21FO7/c1-14-19(34-26(29)16-6-5-7-17(27)13-16)9-8-18-23(28)20(33-24(14)18)10-15-11-21(30-2)25(32-4)22(12-15)31-3/h5-13H,1-4H3/b20-10-. The van der Waals surface area contributed by atoms with Crippen LogP contribution in [0.1, 0.15) is 31.8 Å². The van der Waals surface area contributed by atoms with E-state index in [9.17, 15) is 14.0 Å². The van der Waals surface area contributed by atoms with Crippen LogP contribution in [0.5, 0.6) is 28.7 Å². The van der Waals surface area contributed by atoms with Gasteiger partial charge in [0.05, 0.1) is 32.5 Å². The topological polar surface area (TPSA) is 80.3 Å². The fourth-order valence-electron chi connectivity index (χ4n) is 3.59. The van der Waals surface area contributed by atoms with Gasteiger partial charge >= 0.3 is 5.97 Å². The molecule has 4 rings (SSSR count). The molecule has 34 heavy (non-hydrogen) atoms. The van der Waals surface area contributed by atoms with Crippen LogP contribution in [-0.4, -0.2) is 33.1 Å². The number of methoxy groups -OCH3 is 3. The zero-order valence-electron chi connectivity index (χ0n) is 18.9. The number of rotatable bonds is 6. The highest BCUT2D eigenvalue weighted by Gasteiger charge is 2.31. The number of carbonyl (C=O) groups excluding carboxylic acids is 2. The van der Waals surface area contributed by atoms with Gasteiger partial charge in [0.1, 0.15) is 17.3 Å². The van der Waals surface area contributed by atoms with Crippen molar-refractivity contribution in [3.63, 3.8) is 0 Å². The fourth-order valence-corrected chi connectivity index (χ4v) is 3.59. The van der Waals surface area contributed by atoms with Crippen LogP contribution in [0.25, 0.3) is 6.08 Å². The number of halogens is 1. The molecule has 0 saturated carbocycles. The number of hydrogen-bond acceptors (Lipinski definition) is 7. The normalized spacial score (nSPS) is 13.3. The number of ether oxygens (including phenoxy) is 5. The molecule has 1 heterocycles. The third kappa shape index (κ3) is 4.17. The van der Waals surface area contributed by atoms with E-state index < -0.39 is 11.8 Å². The van der Waals surface area contributed by atoms with Crippen molar-refractivity contribution in [2.45, 2.75) is 6.92 Å². The minimum atomic E-state index is -0.722. The number of carbonyl (C=O) groups is 2. The molecule has 174 valence electrons. The first-order chi connectivity index (χ1) is 16.4. The number of fused-ring (bicyclic) bond motifs is 1. The maximum Gasteiger partial charge on any atom is 0.343 e. The van der Waals surface area contributed by atoms with Crippen LogP contribution in [0.4, 0.5) is 4.39 Å². The van der Waals surface area contributed by atoms with Gasteiger partial charge in [0.25, 0.3) is 0 Å². The first-order valence-electron chi connectivity index (χ1n) is 10.2. The lowest BCUT2D eigenvalue weighted by Crippen LogP contribution is -2.09. The van der Waals surface area contributed by atoms with E-state index in [2.05, 4.69) is 0 Å². The number of benzene rings is 3. The van der Waals surface area contributed by atoms with Gasteiger partial charge in [0, 0.05) is 5.56 Å². The molecule has 0 atom stereocenters. The van der Waals surface area contributed by atoms with Gasteiger partial charge in [-0.05, 0) is 61.0 Å². The van der Waals surface area contributed by atoms with Gasteiger partial charge < -0.3 is 23.7 Å². The minimum Gasteiger partial charge on any atom is -0.493 e. The van der Waals surface area contributed by atoms with Crippen molar-refractivity contribution in [3.8, 4) is 28.7 Å². The molecule has 0 saturated heterocycles. The van der Waals surface area contributed by atoms with Crippen LogP contribution in [0.2, 0.25) is 0 Å². The first kappa shape index (κ1) is 22.8. The predicted molar refractivity (Wildman–Crippen MR) is 122 cm³/mol. The van der Waals surface area contributed by atoms with E-state index in [0.717, 1.165) is 6.07 Å². The summed E-state index contributed by atoms with van der Waals surface area (Å²) < 4.78 is 40.7. The zero-order chi connectivity index (χ0) is 24.4. The first-order valence-corrected chi connectivity index (χ1v) is 10.2. The SMILES string of the molecule is COc1cc(/C=C2\Oc3c(ccc(OC(=O)c4cccc(F)c4)c3C)C2=O)cc(OC)c1OC. The molecule has 0 aromatic heterocycles. The second-order valence-electron chi connectivity index (χ2n) is 7.36. The summed E-state index contributed by atoms with van der Waals surface area (Å²) in [7, 11) is 4.49. The van der Waals surface area contributed by atoms with Gasteiger partial charge in [-0.3, -0.25) is 4.79 Å². The molecule has 0 aliphatic carbocycles. The van der Waals surface area contributed by atoms with Crippen molar-refractivity contribution in [3.05, 3.63) is 82.4 Å². The van der Waals surface area contributed by atoms with E-state index in [1.165, 1.54) is 51.7 Å². The zero-order valence-corrected chi connectivity index (χ0v) is 18.9. The lowest BCUT2D eigenvalue weighted by atomic mass is 10.1. The fraction of sp³-hybridized carbons (Fsp3) is 0.154. The number of esters is 1. The van der Waals surface area contributed by atoms with Crippen molar-refractivity contribution >= 4 is 17.8 Å². The minimum absolute atomic E-state index is 0.0693. The van der Waals surface area contributed by atoms with Crippen LogP contribution in [0.3, 0.4) is 0 Å². The number of Topliss-reactive ketones (excluding diaryl/α,β-unsaturated/α-hetero) is 1. The van der Waals surface area contributed by atoms with Crippen LogP contribution in [-0.2, 0) is 0 Å². The molecule has 3 aromatic carbocycles. The maximum absolute atomic E-state index is 13.4. The van der Waals surface area contributed by atoms with Crippen LogP contribution >= 0.6 is 0 Å². The Morgan fingerprint density at radius 3 is 2.26 bits per heavy atom. The molecule has 0 amide bonds. The van der Waals surface area contributed by atoms with Crippen molar-refractivity contribution in [1.29, 1.82) is 0 Å². The monoisotopic (exact) mass is 464 g/mol. The highest BCUT2D eigenvalue weighted by molar-refractivity contribution is 6.15. The average molecular weight is 464 g/mol. The summed E-state index contributed by atoms with van der Waals surface area (Å²) in [6, 6.07) is 11.6. The Labute approximate surface area is 195 Å². The molecule has 0 fully saturated rings. The molecule has 7 nitrogen and oxygen atoms in total. The van der Waals surface area contributed by atoms with Gasteiger partial charge in [0.2, 0.25) is 11.5 Å². The molecule has 0 bridgehead atoms. The van der Waals surface area contributed by atoms with E-state index >= 15 is 0 Å². The third-order valence-corrected chi connectivity index (χ3v) is 5.28. The lowest BCUT2D eigenvalue weighted by molar-refractivity contribution is 0.0732. The van der Waals surface area contributed by atoms with E-state index in [0.29, 0.717) is 33.9 Å². The molecule has 0 unspecified atom stereocenters. The summed E-state index contributed by atoms with van der Waals surface area (Å²) in [5.41, 5.74) is 1.46. The Morgan fingerprint density at radius 1 is 0.941 bits per heavy atom. The van der Waals surface area contributed by atoms with E-state index in [-0.39, 0.29) is 28.6 Å². The second-order valence-corrected chi connectivity index (χ2v) is 7.36. The molecular weight excluding hydrogens is 443 g/mol. The van der Waals surface area contributed by atoms with Crippen molar-refractivity contribution in [2.24, 2.45) is 0 Å². The Bertz CT molecular complexity index is 1300. The van der Waals surface area contributed by atoms with Gasteiger partial charge in [0.15, 0.2) is 17.3 Å². The van der Waals surface area contributed by atoms with Gasteiger partial charge in [-0.2, -0.15) is 0 Å². The van der Waals surface area contributed by atoms with Crippen LogP contribution < -0.4 is 23.7 Å². The molecule has 1 aliphatic heterocycles. The molecule has 0 spiro atoms. The number of ketones is 1. The van der Waals surface area contributed by atoms with Crippen LogP contribution in [0, 0.1) is 12.7 Å². The molecule has 1 aliphatic rings. The van der Waals surface area contributed by atoms with Crippen molar-refractivity contribution in [2.75, 3.05) is 21.3 Å². The molecular formula is C26H21FO7. The maximum atomic E-state index is 13.4. The Balaban J connectivity index is 1.64. The molecule has 3 aromatic rings. The Hall–Kier alpha value is -4.33.